The van der Waals surface area contributed by atoms with Crippen molar-refractivity contribution in [1.29, 1.82) is 0 Å². The smallest absolute Gasteiger partial charge is 0.322 e. The van der Waals surface area contributed by atoms with Crippen LogP contribution >= 0.6 is 0 Å². The number of likely N-dealkylation sites (tertiary alicyclic amines) is 1. The van der Waals surface area contributed by atoms with E-state index in [2.05, 4.69) is 16.0 Å². The molecule has 2 saturated heterocycles. The number of urea groups is 1. The Morgan fingerprint density at radius 1 is 1.50 bits per heavy atom. The van der Waals surface area contributed by atoms with Crippen LogP contribution in [0.2, 0.25) is 0 Å². The highest BCUT2D eigenvalue weighted by Gasteiger charge is 2.48. The largest absolute Gasteiger partial charge is 0.467 e. The molecule has 3 N–H and O–H groups in total. The Morgan fingerprint density at radius 3 is 3.00 bits per heavy atom. The molecule has 0 spiro atoms. The summed E-state index contributed by atoms with van der Waals surface area (Å²) in [5, 5.41) is 7.85. The maximum absolute atomic E-state index is 12.1. The highest BCUT2D eigenvalue weighted by Crippen LogP contribution is 2.29. The number of hydrogen-bond acceptors (Lipinski definition) is 5. The van der Waals surface area contributed by atoms with Gasteiger partial charge in [0.1, 0.15) is 11.3 Å². The van der Waals surface area contributed by atoms with E-state index in [1.54, 1.807) is 25.3 Å². The molecule has 2 atom stereocenters. The van der Waals surface area contributed by atoms with Gasteiger partial charge in [-0.1, -0.05) is 0 Å². The van der Waals surface area contributed by atoms with Gasteiger partial charge in [0.25, 0.3) is 5.91 Å². The molecule has 8 nitrogen and oxygen atoms in total. The molecule has 8 heteroatoms. The molecule has 2 aliphatic rings. The molecule has 24 heavy (non-hydrogen) atoms. The van der Waals surface area contributed by atoms with Crippen LogP contribution in [0.15, 0.2) is 22.8 Å². The average molecular weight is 334 g/mol. The Bertz CT molecular complexity index is 630. The minimum absolute atomic E-state index is 0.0180. The molecule has 1 aromatic rings. The summed E-state index contributed by atoms with van der Waals surface area (Å²) in [5.74, 6) is 0.312. The fourth-order valence-corrected chi connectivity index (χ4v) is 3.37. The molecule has 2 fully saturated rings. The number of carbonyl (C=O) groups is 3. The summed E-state index contributed by atoms with van der Waals surface area (Å²) in [6.45, 7) is 3.77. The maximum atomic E-state index is 12.1. The van der Waals surface area contributed by atoms with Crippen LogP contribution < -0.4 is 16.0 Å². The summed E-state index contributed by atoms with van der Waals surface area (Å²) in [6.07, 6.45) is 3.29. The summed E-state index contributed by atoms with van der Waals surface area (Å²) in [7, 11) is 0. The van der Waals surface area contributed by atoms with E-state index in [9.17, 15) is 14.4 Å². The third kappa shape index (κ3) is 3.43. The Hall–Kier alpha value is -2.35. The third-order valence-corrected chi connectivity index (χ3v) is 4.80. The van der Waals surface area contributed by atoms with E-state index in [0.29, 0.717) is 18.8 Å². The topological polar surface area (TPSA) is 104 Å². The molecule has 1 aromatic heterocycles. The Kier molecular flexibility index (Phi) is 4.57. The highest BCUT2D eigenvalue weighted by atomic mass is 16.3. The summed E-state index contributed by atoms with van der Waals surface area (Å²) in [6, 6.07) is 3.13. The molecule has 0 bridgehead atoms. The first kappa shape index (κ1) is 16.5. The fourth-order valence-electron chi connectivity index (χ4n) is 3.37. The first-order valence-corrected chi connectivity index (χ1v) is 8.12. The van der Waals surface area contributed by atoms with Gasteiger partial charge in [0.05, 0.1) is 19.4 Å². The van der Waals surface area contributed by atoms with E-state index >= 15 is 0 Å². The van der Waals surface area contributed by atoms with Crippen LogP contribution in [0.4, 0.5) is 4.79 Å². The second-order valence-corrected chi connectivity index (χ2v) is 6.54. The molecule has 4 amide bonds. The van der Waals surface area contributed by atoms with Crippen molar-refractivity contribution in [2.24, 2.45) is 5.92 Å². The summed E-state index contributed by atoms with van der Waals surface area (Å²) < 4.78 is 5.18. The molecule has 0 radical (unpaired) electrons. The monoisotopic (exact) mass is 334 g/mol. The molecule has 0 unspecified atom stereocenters. The van der Waals surface area contributed by atoms with Crippen molar-refractivity contribution in [2.75, 3.05) is 19.6 Å². The second-order valence-electron chi connectivity index (χ2n) is 6.54. The summed E-state index contributed by atoms with van der Waals surface area (Å²) in [5.41, 5.74) is -0.902. The number of carbonyl (C=O) groups excluding carboxylic acids is 3. The average Bonchev–Trinajstić information content (AvgIpc) is 3.14. The number of rotatable bonds is 5. The second kappa shape index (κ2) is 6.64. The van der Waals surface area contributed by atoms with E-state index < -0.39 is 11.6 Å². The van der Waals surface area contributed by atoms with E-state index in [0.717, 1.165) is 19.4 Å². The SMILES string of the molecule is C[C@]1([C@@H]2CCCN(CC(=O)NCc3ccco3)C2)NC(=O)NC1=O. The van der Waals surface area contributed by atoms with Crippen molar-refractivity contribution < 1.29 is 18.8 Å². The lowest BCUT2D eigenvalue weighted by Gasteiger charge is -2.39. The van der Waals surface area contributed by atoms with Crippen LogP contribution in [-0.4, -0.2) is 47.9 Å². The summed E-state index contributed by atoms with van der Waals surface area (Å²) in [4.78, 5) is 37.6. The molecule has 130 valence electrons. The van der Waals surface area contributed by atoms with Crippen LogP contribution in [0.3, 0.4) is 0 Å². The predicted molar refractivity (Wildman–Crippen MR) is 84.8 cm³/mol. The zero-order valence-electron chi connectivity index (χ0n) is 13.6. The molecule has 0 saturated carbocycles. The fraction of sp³-hybridized carbons (Fsp3) is 0.562. The van der Waals surface area contributed by atoms with Gasteiger partial charge in [0.15, 0.2) is 0 Å². The van der Waals surface area contributed by atoms with Crippen molar-refractivity contribution in [2.45, 2.75) is 31.8 Å². The quantitative estimate of drug-likeness (QED) is 0.668. The van der Waals surface area contributed by atoms with Crippen LogP contribution in [0, 0.1) is 5.92 Å². The lowest BCUT2D eigenvalue weighted by atomic mass is 9.80. The highest BCUT2D eigenvalue weighted by molar-refractivity contribution is 6.07. The zero-order valence-corrected chi connectivity index (χ0v) is 13.6. The maximum Gasteiger partial charge on any atom is 0.322 e. The number of hydrogen-bond donors (Lipinski definition) is 3. The van der Waals surface area contributed by atoms with E-state index in [1.807, 2.05) is 4.90 Å². The number of amides is 4. The van der Waals surface area contributed by atoms with Crippen molar-refractivity contribution in [1.82, 2.24) is 20.9 Å². The molecule has 0 aliphatic carbocycles. The number of piperidine rings is 1. The zero-order chi connectivity index (χ0) is 17.2. The van der Waals surface area contributed by atoms with Gasteiger partial charge in [-0.25, -0.2) is 4.79 Å². The standard InChI is InChI=1S/C16H22N4O4/c1-16(14(22)18-15(23)19-16)11-4-2-6-20(9-11)10-13(21)17-8-12-5-3-7-24-12/h3,5,7,11H,2,4,6,8-10H2,1H3,(H,17,21)(H2,18,19,22,23)/t11-,16-/m1/s1. The van der Waals surface area contributed by atoms with Gasteiger partial charge < -0.3 is 15.1 Å². The summed E-state index contributed by atoms with van der Waals surface area (Å²) >= 11 is 0. The number of imide groups is 1. The van der Waals surface area contributed by atoms with Crippen LogP contribution in [-0.2, 0) is 16.1 Å². The molecule has 3 heterocycles. The van der Waals surface area contributed by atoms with E-state index in [-0.39, 0.29) is 24.3 Å². The van der Waals surface area contributed by atoms with Gasteiger partial charge in [-0.3, -0.25) is 19.8 Å². The first-order valence-electron chi connectivity index (χ1n) is 8.12. The van der Waals surface area contributed by atoms with Crippen molar-refractivity contribution in [3.63, 3.8) is 0 Å². The van der Waals surface area contributed by atoms with Gasteiger partial charge in [-0.2, -0.15) is 0 Å². The Labute approximate surface area is 139 Å². The lowest BCUT2D eigenvalue weighted by Crippen LogP contribution is -2.56. The first-order chi connectivity index (χ1) is 11.5. The molecular weight excluding hydrogens is 312 g/mol. The molecular formula is C16H22N4O4. The van der Waals surface area contributed by atoms with Crippen LogP contribution in [0.25, 0.3) is 0 Å². The van der Waals surface area contributed by atoms with E-state index in [4.69, 9.17) is 4.42 Å². The predicted octanol–water partition coefficient (Wildman–Crippen LogP) is 0.206. The van der Waals surface area contributed by atoms with Crippen molar-refractivity contribution in [3.05, 3.63) is 24.2 Å². The van der Waals surface area contributed by atoms with E-state index in [1.165, 1.54) is 0 Å². The van der Waals surface area contributed by atoms with Gasteiger partial charge in [0.2, 0.25) is 5.91 Å². The van der Waals surface area contributed by atoms with Crippen LogP contribution in [0.5, 0.6) is 0 Å². The molecule has 0 aromatic carbocycles. The minimum Gasteiger partial charge on any atom is -0.467 e. The molecule has 3 rings (SSSR count). The molecule has 2 aliphatic heterocycles. The van der Waals surface area contributed by atoms with Gasteiger partial charge in [0, 0.05) is 12.5 Å². The number of nitrogens with zero attached hydrogens (tertiary/aromatic N) is 1. The van der Waals surface area contributed by atoms with Gasteiger partial charge >= 0.3 is 6.03 Å². The lowest BCUT2D eigenvalue weighted by molar-refractivity contribution is -0.126. The Balaban J connectivity index is 1.53. The normalized spacial score (nSPS) is 27.6. The van der Waals surface area contributed by atoms with Crippen molar-refractivity contribution >= 4 is 17.8 Å². The van der Waals surface area contributed by atoms with Gasteiger partial charge in [-0.15, -0.1) is 0 Å². The van der Waals surface area contributed by atoms with Gasteiger partial charge in [-0.05, 0) is 38.4 Å². The van der Waals surface area contributed by atoms with Crippen LogP contribution in [0.1, 0.15) is 25.5 Å². The minimum atomic E-state index is -0.902. The third-order valence-electron chi connectivity index (χ3n) is 4.80. The van der Waals surface area contributed by atoms with Crippen molar-refractivity contribution in [3.8, 4) is 0 Å². The number of nitrogens with one attached hydrogen (secondary N) is 3. The Morgan fingerprint density at radius 2 is 2.33 bits per heavy atom. The number of furan rings is 1.